The molecule has 1 aliphatic rings. The van der Waals surface area contributed by atoms with Crippen LogP contribution in [0, 0.1) is 0 Å². The third-order valence-electron chi connectivity index (χ3n) is 2.84. The Bertz CT molecular complexity index is 688. The number of hydrogen-bond acceptors (Lipinski definition) is 3. The Morgan fingerprint density at radius 2 is 2.00 bits per heavy atom. The van der Waals surface area contributed by atoms with Gasteiger partial charge in [0.25, 0.3) is 0 Å². The van der Waals surface area contributed by atoms with Crippen LogP contribution in [0.1, 0.15) is 10.4 Å². The highest BCUT2D eigenvalue weighted by atomic mass is 35.5. The Hall–Kier alpha value is -1.29. The van der Waals surface area contributed by atoms with Crippen molar-refractivity contribution in [3.05, 3.63) is 56.2 Å². The third kappa shape index (κ3) is 2.41. The first-order valence-corrected chi connectivity index (χ1v) is 7.14. The molecule has 0 radical (unpaired) electrons. The lowest BCUT2D eigenvalue weighted by Crippen LogP contribution is -1.98. The van der Waals surface area contributed by atoms with Gasteiger partial charge in [0, 0.05) is 15.5 Å². The lowest BCUT2D eigenvalue weighted by atomic mass is 10.0. The lowest BCUT2D eigenvalue weighted by molar-refractivity contribution is -0.133. The summed E-state index contributed by atoms with van der Waals surface area (Å²) >= 11 is 13.4. The van der Waals surface area contributed by atoms with Crippen molar-refractivity contribution in [1.29, 1.82) is 0 Å². The van der Waals surface area contributed by atoms with Crippen LogP contribution in [0.4, 0.5) is 0 Å². The van der Waals surface area contributed by atoms with Crippen LogP contribution in [-0.2, 0) is 9.53 Å². The van der Waals surface area contributed by atoms with Crippen molar-refractivity contribution in [3.63, 3.8) is 0 Å². The summed E-state index contributed by atoms with van der Waals surface area (Å²) in [6, 6.07) is 10.9. The zero-order valence-corrected chi connectivity index (χ0v) is 12.0. The van der Waals surface area contributed by atoms with E-state index in [0.29, 0.717) is 14.9 Å². The second kappa shape index (κ2) is 5.00. The number of hydrogen-bond donors (Lipinski definition) is 0. The Morgan fingerprint density at radius 1 is 1.16 bits per heavy atom. The predicted octanol–water partition coefficient (Wildman–Crippen LogP) is 4.52. The molecule has 1 aromatic heterocycles. The second-order valence-corrected chi connectivity index (χ2v) is 6.20. The Balaban J connectivity index is 2.16. The summed E-state index contributed by atoms with van der Waals surface area (Å²) in [5.41, 5.74) is 2.21. The first kappa shape index (κ1) is 12.7. The zero-order valence-electron chi connectivity index (χ0n) is 9.65. The van der Waals surface area contributed by atoms with Gasteiger partial charge in [-0.25, -0.2) is 4.79 Å². The number of cyclic esters (lactones) is 1. The van der Waals surface area contributed by atoms with Gasteiger partial charge in [-0.2, -0.15) is 0 Å². The van der Waals surface area contributed by atoms with Crippen LogP contribution >= 0.6 is 34.5 Å². The first-order chi connectivity index (χ1) is 9.15. The van der Waals surface area contributed by atoms with E-state index in [-0.39, 0.29) is 12.6 Å². The fourth-order valence-electron chi connectivity index (χ4n) is 2.01. The molecule has 0 amide bonds. The van der Waals surface area contributed by atoms with Gasteiger partial charge >= 0.3 is 5.97 Å². The van der Waals surface area contributed by atoms with Crippen LogP contribution < -0.4 is 0 Å². The monoisotopic (exact) mass is 310 g/mol. The molecule has 2 heterocycles. The SMILES string of the molecule is O=C1OCC(c2ccc(Cl)s2)=C1c1cccc(Cl)c1. The van der Waals surface area contributed by atoms with Crippen molar-refractivity contribution < 1.29 is 9.53 Å². The average Bonchev–Trinajstić information content (AvgIpc) is 2.95. The largest absolute Gasteiger partial charge is 0.457 e. The molecule has 0 saturated heterocycles. The summed E-state index contributed by atoms with van der Waals surface area (Å²) < 4.78 is 5.83. The first-order valence-electron chi connectivity index (χ1n) is 5.57. The maximum Gasteiger partial charge on any atom is 0.339 e. The molecule has 2 nitrogen and oxygen atoms in total. The van der Waals surface area contributed by atoms with Gasteiger partial charge in [0.05, 0.1) is 9.91 Å². The molecule has 96 valence electrons. The lowest BCUT2D eigenvalue weighted by Gasteiger charge is -2.02. The van der Waals surface area contributed by atoms with Crippen molar-refractivity contribution in [2.24, 2.45) is 0 Å². The molecular formula is C14H8Cl2O2S. The van der Waals surface area contributed by atoms with Gasteiger partial charge < -0.3 is 4.74 Å². The minimum absolute atomic E-state index is 0.275. The number of benzene rings is 1. The standard InChI is InChI=1S/C14H8Cl2O2S/c15-9-3-1-2-8(6-9)13-10(7-18-14(13)17)11-4-5-12(16)19-11/h1-6H,7H2. The minimum atomic E-state index is -0.318. The molecule has 0 unspecified atom stereocenters. The van der Waals surface area contributed by atoms with E-state index in [1.165, 1.54) is 11.3 Å². The van der Waals surface area contributed by atoms with E-state index < -0.39 is 0 Å². The van der Waals surface area contributed by atoms with Crippen molar-refractivity contribution in [2.45, 2.75) is 0 Å². The zero-order chi connectivity index (χ0) is 13.4. The van der Waals surface area contributed by atoms with Gasteiger partial charge in [-0.3, -0.25) is 0 Å². The molecule has 0 bridgehead atoms. The van der Waals surface area contributed by atoms with Gasteiger partial charge in [-0.05, 0) is 29.8 Å². The van der Waals surface area contributed by atoms with Gasteiger partial charge in [-0.1, -0.05) is 35.3 Å². The summed E-state index contributed by atoms with van der Waals surface area (Å²) in [6.07, 6.45) is 0. The average molecular weight is 311 g/mol. The number of rotatable bonds is 2. The molecule has 1 aliphatic heterocycles. The Labute approximate surface area is 124 Å². The number of ether oxygens (including phenoxy) is 1. The van der Waals surface area contributed by atoms with Crippen molar-refractivity contribution in [1.82, 2.24) is 0 Å². The van der Waals surface area contributed by atoms with Gasteiger partial charge in [0.1, 0.15) is 6.61 Å². The summed E-state index contributed by atoms with van der Waals surface area (Å²) in [4.78, 5) is 12.9. The molecule has 2 aromatic rings. The maximum absolute atomic E-state index is 11.9. The highest BCUT2D eigenvalue weighted by molar-refractivity contribution is 7.17. The number of carbonyl (C=O) groups excluding carboxylic acids is 1. The quantitative estimate of drug-likeness (QED) is 0.762. The highest BCUT2D eigenvalue weighted by Crippen LogP contribution is 2.37. The fraction of sp³-hybridized carbons (Fsp3) is 0.0714. The predicted molar refractivity (Wildman–Crippen MR) is 78.6 cm³/mol. The van der Waals surface area contributed by atoms with Crippen LogP contribution in [0.5, 0.6) is 0 Å². The normalized spacial score (nSPS) is 14.9. The highest BCUT2D eigenvalue weighted by Gasteiger charge is 2.28. The van der Waals surface area contributed by atoms with E-state index in [1.54, 1.807) is 12.1 Å². The van der Waals surface area contributed by atoms with Crippen LogP contribution in [0.2, 0.25) is 9.36 Å². The molecule has 3 rings (SSSR count). The number of thiophene rings is 1. The Kier molecular flexibility index (Phi) is 3.35. The van der Waals surface area contributed by atoms with E-state index in [4.69, 9.17) is 27.9 Å². The Morgan fingerprint density at radius 3 is 2.68 bits per heavy atom. The number of carbonyl (C=O) groups is 1. The second-order valence-electron chi connectivity index (χ2n) is 4.04. The summed E-state index contributed by atoms with van der Waals surface area (Å²) in [6.45, 7) is 0.275. The van der Waals surface area contributed by atoms with E-state index in [9.17, 15) is 4.79 Å². The van der Waals surface area contributed by atoms with Crippen molar-refractivity contribution in [3.8, 4) is 0 Å². The fourth-order valence-corrected chi connectivity index (χ4v) is 3.28. The van der Waals surface area contributed by atoms with E-state index in [2.05, 4.69) is 0 Å². The third-order valence-corrected chi connectivity index (χ3v) is 4.36. The van der Waals surface area contributed by atoms with Gasteiger partial charge in [0.2, 0.25) is 0 Å². The minimum Gasteiger partial charge on any atom is -0.457 e. The molecule has 19 heavy (non-hydrogen) atoms. The molecule has 0 N–H and O–H groups in total. The molecule has 5 heteroatoms. The van der Waals surface area contributed by atoms with Crippen LogP contribution in [0.3, 0.4) is 0 Å². The molecule has 0 atom stereocenters. The molecular weight excluding hydrogens is 303 g/mol. The summed E-state index contributed by atoms with van der Waals surface area (Å²) in [7, 11) is 0. The van der Waals surface area contributed by atoms with Crippen molar-refractivity contribution in [2.75, 3.05) is 6.61 Å². The van der Waals surface area contributed by atoms with Gasteiger partial charge in [0.15, 0.2) is 0 Å². The summed E-state index contributed by atoms with van der Waals surface area (Å²) in [5, 5.41) is 0.591. The van der Waals surface area contributed by atoms with Crippen LogP contribution in [0.25, 0.3) is 11.1 Å². The van der Waals surface area contributed by atoms with Crippen molar-refractivity contribution >= 4 is 51.7 Å². The van der Waals surface area contributed by atoms with Gasteiger partial charge in [-0.15, -0.1) is 11.3 Å². The van der Waals surface area contributed by atoms with E-state index in [1.807, 2.05) is 24.3 Å². The van der Waals surface area contributed by atoms with E-state index in [0.717, 1.165) is 16.0 Å². The summed E-state index contributed by atoms with van der Waals surface area (Å²) in [5.74, 6) is -0.318. The van der Waals surface area contributed by atoms with Crippen LogP contribution in [0.15, 0.2) is 36.4 Å². The molecule has 1 aromatic carbocycles. The number of halogens is 2. The molecule has 0 fully saturated rings. The maximum atomic E-state index is 11.9. The topological polar surface area (TPSA) is 26.3 Å². The molecule has 0 saturated carbocycles. The van der Waals surface area contributed by atoms with Crippen LogP contribution in [-0.4, -0.2) is 12.6 Å². The van der Waals surface area contributed by atoms with E-state index >= 15 is 0 Å². The molecule has 0 aliphatic carbocycles. The smallest absolute Gasteiger partial charge is 0.339 e. The molecule has 0 spiro atoms. The number of esters is 1.